The maximum Gasteiger partial charge on any atom is 0.0890 e. The number of pyridine rings is 1. The van der Waals surface area contributed by atoms with Crippen LogP contribution in [0.3, 0.4) is 0 Å². The number of nitrogens with zero attached hydrogens (tertiary/aromatic N) is 2. The summed E-state index contributed by atoms with van der Waals surface area (Å²) in [5.41, 5.74) is 9.08. The molecule has 0 unspecified atom stereocenters. The molecule has 0 atom stereocenters. The highest BCUT2D eigenvalue weighted by molar-refractivity contribution is 7.25. The fourth-order valence-electron chi connectivity index (χ4n) is 6.58. The zero-order chi connectivity index (χ0) is 30.5. The summed E-state index contributed by atoms with van der Waals surface area (Å²) in [6.07, 6.45) is 2.01. The van der Waals surface area contributed by atoms with E-state index in [0.717, 1.165) is 22.6 Å². The largest absolute Gasteiger partial charge is 0.309 e. The lowest BCUT2D eigenvalue weighted by atomic mass is 9.97. The maximum absolute atomic E-state index is 4.99. The van der Waals surface area contributed by atoms with Crippen molar-refractivity contribution >= 4 is 70.2 Å². The lowest BCUT2D eigenvalue weighted by molar-refractivity contribution is 1.26. The highest BCUT2D eigenvalue weighted by Crippen LogP contribution is 2.40. The molecule has 7 aromatic carbocycles. The van der Waals surface area contributed by atoms with Crippen molar-refractivity contribution in [3.8, 4) is 22.3 Å². The lowest BCUT2D eigenvalue weighted by Crippen LogP contribution is -2.10. The third-order valence-electron chi connectivity index (χ3n) is 8.90. The van der Waals surface area contributed by atoms with Gasteiger partial charge in [0.05, 0.1) is 22.1 Å². The average molecular weight is 605 g/mol. The van der Waals surface area contributed by atoms with E-state index in [0.29, 0.717) is 0 Å². The second-order valence-electron chi connectivity index (χ2n) is 11.7. The van der Waals surface area contributed by atoms with E-state index in [1.807, 2.05) is 6.20 Å². The first kappa shape index (κ1) is 26.6. The van der Waals surface area contributed by atoms with Crippen molar-refractivity contribution < 1.29 is 0 Å². The fraction of sp³-hybridized carbons (Fsp3) is 0. The molecule has 0 radical (unpaired) electrons. The molecule has 2 nitrogen and oxygen atoms in total. The fourth-order valence-corrected chi connectivity index (χ4v) is 7.68. The van der Waals surface area contributed by atoms with Gasteiger partial charge >= 0.3 is 0 Å². The normalized spacial score (nSPS) is 11.5. The van der Waals surface area contributed by atoms with Crippen LogP contribution in [0.1, 0.15) is 0 Å². The van der Waals surface area contributed by atoms with Crippen LogP contribution in [0.2, 0.25) is 0 Å². The van der Waals surface area contributed by atoms with E-state index >= 15 is 0 Å². The molecular weight excluding hydrogens is 577 g/mol. The SMILES string of the molecule is c1ccc(-c2ccc(N(c3ccc(-c4ccc5c(ccc6ccccc65)c4)cc3)c3cnc4c(c3)sc3ccccc34)cc2)cc1. The number of anilines is 3. The van der Waals surface area contributed by atoms with Gasteiger partial charge in [-0.1, -0.05) is 121 Å². The van der Waals surface area contributed by atoms with Crippen molar-refractivity contribution in [2.75, 3.05) is 4.90 Å². The van der Waals surface area contributed by atoms with Gasteiger partial charge in [0.2, 0.25) is 0 Å². The number of benzene rings is 7. The number of aromatic nitrogens is 1. The smallest absolute Gasteiger partial charge is 0.0890 e. The van der Waals surface area contributed by atoms with E-state index in [9.17, 15) is 0 Å². The zero-order valence-electron chi connectivity index (χ0n) is 25.0. The summed E-state index contributed by atoms with van der Waals surface area (Å²) in [5, 5.41) is 6.31. The minimum atomic E-state index is 1.04. The number of hydrogen-bond donors (Lipinski definition) is 0. The molecule has 0 aliphatic heterocycles. The van der Waals surface area contributed by atoms with E-state index in [1.165, 1.54) is 58.6 Å². The molecule has 0 saturated heterocycles. The first-order valence-electron chi connectivity index (χ1n) is 15.5. The molecule has 3 heteroatoms. The first-order valence-corrected chi connectivity index (χ1v) is 16.4. The molecule has 0 aliphatic rings. The van der Waals surface area contributed by atoms with Crippen molar-refractivity contribution in [2.24, 2.45) is 0 Å². The van der Waals surface area contributed by atoms with Crippen LogP contribution in [0, 0.1) is 0 Å². The number of rotatable bonds is 5. The van der Waals surface area contributed by atoms with Gasteiger partial charge in [0.15, 0.2) is 0 Å². The number of fused-ring (bicyclic) bond motifs is 6. The van der Waals surface area contributed by atoms with E-state index in [1.54, 1.807) is 11.3 Å². The van der Waals surface area contributed by atoms with Crippen molar-refractivity contribution in [3.63, 3.8) is 0 Å². The second-order valence-corrected chi connectivity index (χ2v) is 12.7. The first-order chi connectivity index (χ1) is 22.8. The van der Waals surface area contributed by atoms with Crippen LogP contribution >= 0.6 is 11.3 Å². The van der Waals surface area contributed by atoms with E-state index in [-0.39, 0.29) is 0 Å². The van der Waals surface area contributed by atoms with Crippen LogP contribution in [0.25, 0.3) is 64.1 Å². The Kier molecular flexibility index (Phi) is 6.36. The lowest BCUT2D eigenvalue weighted by Gasteiger charge is -2.25. The molecule has 216 valence electrons. The molecule has 0 bridgehead atoms. The summed E-state index contributed by atoms with van der Waals surface area (Å²) >= 11 is 1.80. The van der Waals surface area contributed by atoms with Gasteiger partial charge in [-0.3, -0.25) is 4.98 Å². The Bertz CT molecular complexity index is 2510. The van der Waals surface area contributed by atoms with Gasteiger partial charge in [-0.25, -0.2) is 0 Å². The van der Waals surface area contributed by atoms with Crippen LogP contribution in [0.4, 0.5) is 17.1 Å². The highest BCUT2D eigenvalue weighted by Gasteiger charge is 2.16. The van der Waals surface area contributed by atoms with E-state index in [4.69, 9.17) is 4.98 Å². The van der Waals surface area contributed by atoms with Crippen LogP contribution in [0.5, 0.6) is 0 Å². The van der Waals surface area contributed by atoms with Crippen molar-refractivity contribution in [1.82, 2.24) is 4.98 Å². The van der Waals surface area contributed by atoms with Crippen LogP contribution in [-0.4, -0.2) is 4.98 Å². The van der Waals surface area contributed by atoms with Gasteiger partial charge in [-0.05, 0) is 86.3 Å². The van der Waals surface area contributed by atoms with Gasteiger partial charge in [0, 0.05) is 21.5 Å². The predicted molar refractivity (Wildman–Crippen MR) is 198 cm³/mol. The Hall–Kier alpha value is -5.77. The summed E-state index contributed by atoms with van der Waals surface area (Å²) in [6, 6.07) is 58.9. The summed E-state index contributed by atoms with van der Waals surface area (Å²) in [5.74, 6) is 0. The summed E-state index contributed by atoms with van der Waals surface area (Å²) in [7, 11) is 0. The second kappa shape index (κ2) is 11.0. The highest BCUT2D eigenvalue weighted by atomic mass is 32.1. The molecule has 0 spiro atoms. The van der Waals surface area contributed by atoms with Gasteiger partial charge in [-0.15, -0.1) is 11.3 Å². The standard InChI is InChI=1S/C43H28N2S/c1-2-8-29(9-3-1)30-16-21-35(22-17-30)45(37-27-42-43(44-28-37)40-12-6-7-13-41(40)46-42)36-23-18-31(19-24-36)33-20-25-39-34(26-33)15-14-32-10-4-5-11-38(32)39/h1-28H. The molecule has 0 saturated carbocycles. The Balaban J connectivity index is 1.13. The molecular formula is C43H28N2S. The number of hydrogen-bond acceptors (Lipinski definition) is 3. The quantitative estimate of drug-likeness (QED) is 0.182. The monoisotopic (exact) mass is 604 g/mol. The van der Waals surface area contributed by atoms with Crippen molar-refractivity contribution in [1.29, 1.82) is 0 Å². The Labute approximate surface area is 271 Å². The molecule has 0 aliphatic carbocycles. The summed E-state index contributed by atoms with van der Waals surface area (Å²) < 4.78 is 2.44. The Morgan fingerprint density at radius 3 is 1.76 bits per heavy atom. The Morgan fingerprint density at radius 2 is 0.978 bits per heavy atom. The van der Waals surface area contributed by atoms with Crippen molar-refractivity contribution in [3.05, 3.63) is 170 Å². The van der Waals surface area contributed by atoms with Gasteiger partial charge in [-0.2, -0.15) is 0 Å². The van der Waals surface area contributed by atoms with Crippen molar-refractivity contribution in [2.45, 2.75) is 0 Å². The summed E-state index contributed by atoms with van der Waals surface area (Å²) in [6.45, 7) is 0. The third kappa shape index (κ3) is 4.61. The van der Waals surface area contributed by atoms with Crippen LogP contribution in [-0.2, 0) is 0 Å². The molecule has 2 heterocycles. The van der Waals surface area contributed by atoms with E-state index < -0.39 is 0 Å². The zero-order valence-corrected chi connectivity index (χ0v) is 25.8. The maximum atomic E-state index is 4.99. The average Bonchev–Trinajstić information content (AvgIpc) is 3.50. The van der Waals surface area contributed by atoms with Gasteiger partial charge in [0.25, 0.3) is 0 Å². The number of thiophene rings is 1. The molecule has 9 aromatic rings. The minimum absolute atomic E-state index is 1.04. The molecule has 0 N–H and O–H groups in total. The van der Waals surface area contributed by atoms with Crippen LogP contribution < -0.4 is 4.90 Å². The molecule has 46 heavy (non-hydrogen) atoms. The summed E-state index contributed by atoms with van der Waals surface area (Å²) in [4.78, 5) is 7.30. The van der Waals surface area contributed by atoms with Gasteiger partial charge < -0.3 is 4.90 Å². The van der Waals surface area contributed by atoms with Gasteiger partial charge in [0.1, 0.15) is 0 Å². The van der Waals surface area contributed by atoms with E-state index in [2.05, 4.69) is 169 Å². The molecule has 2 aromatic heterocycles. The Morgan fingerprint density at radius 1 is 0.391 bits per heavy atom. The molecule has 9 rings (SSSR count). The van der Waals surface area contributed by atoms with Crippen LogP contribution in [0.15, 0.2) is 170 Å². The molecule has 0 fully saturated rings. The molecule has 0 amide bonds. The predicted octanol–water partition coefficient (Wildman–Crippen LogP) is 12.6. The third-order valence-corrected chi connectivity index (χ3v) is 10.0. The topological polar surface area (TPSA) is 16.1 Å². The minimum Gasteiger partial charge on any atom is -0.309 e.